The van der Waals surface area contributed by atoms with E-state index in [2.05, 4.69) is 34.7 Å². The van der Waals surface area contributed by atoms with Crippen molar-refractivity contribution in [1.29, 1.82) is 0 Å². The Hall–Kier alpha value is -3.10. The summed E-state index contributed by atoms with van der Waals surface area (Å²) in [5, 5.41) is 5.57. The lowest BCUT2D eigenvalue weighted by atomic mass is 10.0. The Morgan fingerprint density at radius 1 is 0.878 bits per heavy atom. The van der Waals surface area contributed by atoms with Crippen LogP contribution in [0.4, 0.5) is 15.3 Å². The first-order valence-electron chi connectivity index (χ1n) is 15.2. The number of aryl methyl sites for hydroxylation is 1. The Bertz CT molecular complexity index is 1010. The molecule has 0 saturated carbocycles. The van der Waals surface area contributed by atoms with Crippen LogP contribution in [0.25, 0.3) is 0 Å². The number of unbranched alkanes of at least 4 members (excludes halogenated alkanes) is 7. The molecule has 2 rings (SSSR count). The molecule has 0 radical (unpaired) electrons. The highest BCUT2D eigenvalue weighted by molar-refractivity contribution is 6.00. The molecule has 0 unspecified atom stereocenters. The number of nitrogens with one attached hydrogen (secondary N) is 2. The maximum Gasteiger partial charge on any atom is 0.437 e. The fraction of sp³-hybridized carbons (Fsp3) is 0.688. The van der Waals surface area contributed by atoms with Crippen LogP contribution in [0.15, 0.2) is 29.3 Å². The Kier molecular flexibility index (Phi) is 13.6. The Morgan fingerprint density at radius 3 is 2.05 bits per heavy atom. The molecule has 9 nitrogen and oxygen atoms in total. The quantitative estimate of drug-likeness (QED) is 0.162. The van der Waals surface area contributed by atoms with E-state index in [4.69, 9.17) is 9.47 Å². The number of hydrogen-bond acceptors (Lipinski definition) is 5. The number of rotatable bonds is 11. The van der Waals surface area contributed by atoms with Gasteiger partial charge in [0.15, 0.2) is 0 Å². The monoisotopic (exact) mass is 572 g/mol. The topological polar surface area (TPSA) is 109 Å². The minimum absolute atomic E-state index is 0.00844. The van der Waals surface area contributed by atoms with Crippen molar-refractivity contribution < 1.29 is 23.9 Å². The highest BCUT2D eigenvalue weighted by Gasteiger charge is 2.32. The highest BCUT2D eigenvalue weighted by atomic mass is 16.6. The molecule has 3 amide bonds. The van der Waals surface area contributed by atoms with Crippen LogP contribution in [0.2, 0.25) is 0 Å². The second kappa shape index (κ2) is 16.4. The molecule has 0 spiro atoms. The molecule has 0 aromatic heterocycles. The second-order valence-corrected chi connectivity index (χ2v) is 12.9. The van der Waals surface area contributed by atoms with Gasteiger partial charge in [-0.15, -0.1) is 4.99 Å². The number of alkyl carbamates (subject to hydrolysis) is 1. The SMILES string of the molecule is CCCCCCCCCCc1ccc(NC(=O)[C@@H]2CCN(C(=NC(=O)OC(C)(C)C)NC(=O)OC(C)(C)C)C2)cc1. The van der Waals surface area contributed by atoms with Crippen molar-refractivity contribution in [3.8, 4) is 0 Å². The van der Waals surface area contributed by atoms with Gasteiger partial charge in [0, 0.05) is 18.8 Å². The number of hydrogen-bond donors (Lipinski definition) is 2. The lowest BCUT2D eigenvalue weighted by Crippen LogP contribution is -2.46. The summed E-state index contributed by atoms with van der Waals surface area (Å²) in [5.41, 5.74) is 0.562. The molecule has 1 aliphatic rings. The normalized spacial score (nSPS) is 15.9. The van der Waals surface area contributed by atoms with Crippen LogP contribution < -0.4 is 10.6 Å². The fourth-order valence-electron chi connectivity index (χ4n) is 4.57. The molecule has 1 heterocycles. The highest BCUT2D eigenvalue weighted by Crippen LogP contribution is 2.21. The van der Waals surface area contributed by atoms with E-state index >= 15 is 0 Å². The molecule has 41 heavy (non-hydrogen) atoms. The Morgan fingerprint density at radius 2 is 1.46 bits per heavy atom. The molecular weight excluding hydrogens is 520 g/mol. The van der Waals surface area contributed by atoms with Crippen LogP contribution >= 0.6 is 0 Å². The standard InChI is InChI=1S/C32H52N4O5/c1-8-9-10-11-12-13-14-15-16-24-17-19-26(20-18-24)33-27(37)25-21-22-36(23-25)28(34-29(38)40-31(2,3)4)35-30(39)41-32(5,6)7/h17-20,25H,8-16,21-23H2,1-7H3,(H,33,37)(H,34,35,38,39)/t25-/m1/s1. The predicted octanol–water partition coefficient (Wildman–Crippen LogP) is 7.45. The molecule has 230 valence electrons. The van der Waals surface area contributed by atoms with E-state index in [9.17, 15) is 14.4 Å². The Labute approximate surface area is 246 Å². The zero-order valence-electron chi connectivity index (χ0n) is 26.3. The lowest BCUT2D eigenvalue weighted by molar-refractivity contribution is -0.119. The van der Waals surface area contributed by atoms with Crippen LogP contribution in [-0.2, 0) is 20.7 Å². The Balaban J connectivity index is 1.90. The summed E-state index contributed by atoms with van der Waals surface area (Å²) in [6, 6.07) is 8.05. The molecule has 1 fully saturated rings. The van der Waals surface area contributed by atoms with Gasteiger partial charge in [0.05, 0.1) is 5.92 Å². The number of guanidine groups is 1. The van der Waals surface area contributed by atoms with Gasteiger partial charge in [-0.05, 0) is 78.5 Å². The lowest BCUT2D eigenvalue weighted by Gasteiger charge is -2.24. The van der Waals surface area contributed by atoms with Crippen molar-refractivity contribution in [2.75, 3.05) is 18.4 Å². The molecule has 1 aliphatic heterocycles. The molecule has 0 aliphatic carbocycles. The van der Waals surface area contributed by atoms with Crippen LogP contribution in [0, 0.1) is 5.92 Å². The largest absolute Gasteiger partial charge is 0.444 e. The predicted molar refractivity (Wildman–Crippen MR) is 164 cm³/mol. The molecular formula is C32H52N4O5. The summed E-state index contributed by atoms with van der Waals surface area (Å²) in [7, 11) is 0. The number of carbonyl (C=O) groups excluding carboxylic acids is 3. The van der Waals surface area contributed by atoms with Crippen molar-refractivity contribution in [1.82, 2.24) is 10.2 Å². The number of nitrogens with zero attached hydrogens (tertiary/aromatic N) is 2. The molecule has 9 heteroatoms. The number of benzene rings is 1. The summed E-state index contributed by atoms with van der Waals surface area (Å²) in [5.74, 6) is -0.442. The van der Waals surface area contributed by atoms with Crippen LogP contribution in [-0.4, -0.2) is 53.2 Å². The van der Waals surface area contributed by atoms with Gasteiger partial charge < -0.3 is 19.7 Å². The average molecular weight is 573 g/mol. The van der Waals surface area contributed by atoms with Crippen molar-refractivity contribution in [2.45, 2.75) is 124 Å². The van der Waals surface area contributed by atoms with Crippen molar-refractivity contribution >= 4 is 29.7 Å². The number of ether oxygens (including phenoxy) is 2. The molecule has 1 atom stereocenters. The average Bonchev–Trinajstić information content (AvgIpc) is 3.35. The maximum atomic E-state index is 13.0. The molecule has 1 saturated heterocycles. The van der Waals surface area contributed by atoms with E-state index in [0.717, 1.165) is 12.1 Å². The second-order valence-electron chi connectivity index (χ2n) is 12.9. The summed E-state index contributed by atoms with van der Waals surface area (Å²) in [6.07, 6.45) is 10.4. The first-order chi connectivity index (χ1) is 19.3. The van der Waals surface area contributed by atoms with Gasteiger partial charge in [0.25, 0.3) is 0 Å². The van der Waals surface area contributed by atoms with Gasteiger partial charge in [-0.3, -0.25) is 10.1 Å². The van der Waals surface area contributed by atoms with Gasteiger partial charge in [-0.25, -0.2) is 9.59 Å². The number of likely N-dealkylation sites (tertiary alicyclic amines) is 1. The van der Waals surface area contributed by atoms with Crippen LogP contribution in [0.5, 0.6) is 0 Å². The van der Waals surface area contributed by atoms with Crippen molar-refractivity contribution in [3.05, 3.63) is 29.8 Å². The number of carbonyl (C=O) groups is 3. The van der Waals surface area contributed by atoms with E-state index in [1.807, 2.05) is 12.1 Å². The molecule has 2 N–H and O–H groups in total. The summed E-state index contributed by atoms with van der Waals surface area (Å²) in [6.45, 7) is 13.4. The zero-order valence-corrected chi connectivity index (χ0v) is 26.3. The van der Waals surface area contributed by atoms with E-state index in [0.29, 0.717) is 19.5 Å². The number of anilines is 1. The third kappa shape index (κ3) is 14.4. The van der Waals surface area contributed by atoms with Gasteiger partial charge in [-0.2, -0.15) is 0 Å². The minimum atomic E-state index is -0.830. The van der Waals surface area contributed by atoms with Crippen LogP contribution in [0.3, 0.4) is 0 Å². The van der Waals surface area contributed by atoms with Crippen molar-refractivity contribution in [3.63, 3.8) is 0 Å². The van der Waals surface area contributed by atoms with Crippen molar-refractivity contribution in [2.24, 2.45) is 10.9 Å². The first-order valence-corrected chi connectivity index (χ1v) is 15.2. The van der Waals surface area contributed by atoms with E-state index in [-0.39, 0.29) is 17.8 Å². The van der Waals surface area contributed by atoms with Gasteiger partial charge in [0.1, 0.15) is 11.2 Å². The third-order valence-corrected chi connectivity index (χ3v) is 6.60. The van der Waals surface area contributed by atoms with Gasteiger partial charge in [0.2, 0.25) is 11.9 Å². The number of aliphatic imine (C=N–C) groups is 1. The van der Waals surface area contributed by atoms with E-state index in [1.165, 1.54) is 56.9 Å². The molecule has 0 bridgehead atoms. The molecule has 1 aromatic carbocycles. The van der Waals surface area contributed by atoms with Crippen LogP contribution in [0.1, 0.15) is 112 Å². The fourth-order valence-corrected chi connectivity index (χ4v) is 4.57. The minimum Gasteiger partial charge on any atom is -0.444 e. The zero-order chi connectivity index (χ0) is 30.5. The summed E-state index contributed by atoms with van der Waals surface area (Å²) >= 11 is 0. The van der Waals surface area contributed by atoms with Gasteiger partial charge in [-0.1, -0.05) is 64.0 Å². The first kappa shape index (κ1) is 34.1. The van der Waals surface area contributed by atoms with E-state index < -0.39 is 23.4 Å². The van der Waals surface area contributed by atoms with E-state index in [1.54, 1.807) is 46.4 Å². The van der Waals surface area contributed by atoms with Gasteiger partial charge >= 0.3 is 12.2 Å². The smallest absolute Gasteiger partial charge is 0.437 e. The number of amides is 3. The molecule has 1 aromatic rings. The third-order valence-electron chi connectivity index (χ3n) is 6.60. The maximum absolute atomic E-state index is 13.0. The summed E-state index contributed by atoms with van der Waals surface area (Å²) < 4.78 is 10.6. The summed E-state index contributed by atoms with van der Waals surface area (Å²) in [4.78, 5) is 43.6.